The van der Waals surface area contributed by atoms with Crippen LogP contribution in [0.15, 0.2) is 12.2 Å². The van der Waals surface area contributed by atoms with Crippen LogP contribution in [0.25, 0.3) is 0 Å². The topological polar surface area (TPSA) is 43.4 Å². The lowest BCUT2D eigenvalue weighted by Crippen LogP contribution is -2.42. The van der Waals surface area contributed by atoms with Gasteiger partial charge in [0, 0.05) is 12.0 Å². The van der Waals surface area contributed by atoms with Crippen LogP contribution in [0.4, 0.5) is 0 Å². The molecule has 1 rings (SSSR count). The lowest BCUT2D eigenvalue weighted by molar-refractivity contribution is -0.160. The van der Waals surface area contributed by atoms with E-state index in [4.69, 9.17) is 4.74 Å². The maximum absolute atomic E-state index is 11.8. The van der Waals surface area contributed by atoms with Gasteiger partial charge in [-0.2, -0.15) is 0 Å². The Balaban J connectivity index is 2.71. The van der Waals surface area contributed by atoms with Gasteiger partial charge in [0.1, 0.15) is 11.4 Å². The van der Waals surface area contributed by atoms with Crippen molar-refractivity contribution < 1.29 is 14.3 Å². The second kappa shape index (κ2) is 4.81. The van der Waals surface area contributed by atoms with E-state index in [9.17, 15) is 9.59 Å². The van der Waals surface area contributed by atoms with Crippen LogP contribution < -0.4 is 0 Å². The summed E-state index contributed by atoms with van der Waals surface area (Å²) in [5, 5.41) is 0. The van der Waals surface area contributed by atoms with Gasteiger partial charge in [-0.05, 0) is 33.6 Å². The molecule has 3 nitrogen and oxygen atoms in total. The van der Waals surface area contributed by atoms with Crippen LogP contribution in [0.1, 0.15) is 46.5 Å². The van der Waals surface area contributed by atoms with Crippen LogP contribution in [0.3, 0.4) is 0 Å². The number of Topliss-reactive ketones (excluding diaryl/α,β-unsaturated/α-hetero) is 1. The Morgan fingerprint density at radius 1 is 1.44 bits per heavy atom. The summed E-state index contributed by atoms with van der Waals surface area (Å²) in [5.41, 5.74) is -0.343. The molecule has 0 bridgehead atoms. The average molecular weight is 224 g/mol. The van der Waals surface area contributed by atoms with Gasteiger partial charge in [-0.25, -0.2) is 4.79 Å². The van der Waals surface area contributed by atoms with E-state index in [0.29, 0.717) is 12.0 Å². The molecule has 90 valence electrons. The number of ether oxygens (including phenoxy) is 1. The fourth-order valence-corrected chi connectivity index (χ4v) is 2.12. The van der Waals surface area contributed by atoms with E-state index >= 15 is 0 Å². The number of ketones is 1. The molecule has 1 aliphatic rings. The minimum absolute atomic E-state index is 0.162. The number of hydrogen-bond acceptors (Lipinski definition) is 3. The zero-order chi connectivity index (χ0) is 12.3. The van der Waals surface area contributed by atoms with Gasteiger partial charge in [-0.1, -0.05) is 13.0 Å². The lowest BCUT2D eigenvalue weighted by atomic mass is 9.78. The summed E-state index contributed by atoms with van der Waals surface area (Å²) in [5.74, 6) is -0.362. The Kier molecular flexibility index (Phi) is 3.89. The zero-order valence-corrected chi connectivity index (χ0v) is 10.3. The monoisotopic (exact) mass is 224 g/mol. The molecule has 0 aromatic carbocycles. The van der Waals surface area contributed by atoms with Crippen LogP contribution in [0.5, 0.6) is 0 Å². The highest BCUT2D eigenvalue weighted by atomic mass is 16.6. The number of hydrogen-bond donors (Lipinski definition) is 0. The fourth-order valence-electron chi connectivity index (χ4n) is 2.12. The van der Waals surface area contributed by atoms with Crippen molar-refractivity contribution in [3.8, 4) is 0 Å². The average Bonchev–Trinajstić information content (AvgIpc) is 2.17. The minimum Gasteiger partial charge on any atom is -0.456 e. The summed E-state index contributed by atoms with van der Waals surface area (Å²) in [7, 11) is 0. The summed E-state index contributed by atoms with van der Waals surface area (Å²) in [6.45, 7) is 8.77. The van der Waals surface area contributed by atoms with E-state index in [0.717, 1.165) is 19.3 Å². The highest BCUT2D eigenvalue weighted by Crippen LogP contribution is 2.32. The molecule has 0 spiro atoms. The van der Waals surface area contributed by atoms with E-state index in [1.54, 1.807) is 6.92 Å². The van der Waals surface area contributed by atoms with Gasteiger partial charge in [0.25, 0.3) is 0 Å². The Morgan fingerprint density at radius 3 is 2.56 bits per heavy atom. The van der Waals surface area contributed by atoms with Gasteiger partial charge in [0.05, 0.1) is 5.92 Å². The Labute approximate surface area is 96.9 Å². The predicted octanol–water partition coefficient (Wildman–Crippen LogP) is 2.64. The first-order valence-electron chi connectivity index (χ1n) is 5.76. The third-order valence-corrected chi connectivity index (χ3v) is 3.10. The van der Waals surface area contributed by atoms with Gasteiger partial charge in [-0.15, -0.1) is 0 Å². The summed E-state index contributed by atoms with van der Waals surface area (Å²) in [6, 6.07) is 0. The smallest absolute Gasteiger partial charge is 0.333 e. The SMILES string of the molecule is C=C(C)C(=O)OC(C)(C)C1CCCCC1=O. The summed E-state index contributed by atoms with van der Waals surface area (Å²) < 4.78 is 5.35. The van der Waals surface area contributed by atoms with Crippen molar-refractivity contribution in [2.45, 2.75) is 52.1 Å². The Hall–Kier alpha value is -1.12. The molecule has 3 heteroatoms. The van der Waals surface area contributed by atoms with E-state index in [-0.39, 0.29) is 11.7 Å². The largest absolute Gasteiger partial charge is 0.456 e. The van der Waals surface area contributed by atoms with Crippen molar-refractivity contribution in [3.05, 3.63) is 12.2 Å². The predicted molar refractivity (Wildman–Crippen MR) is 62.0 cm³/mol. The summed E-state index contributed by atoms with van der Waals surface area (Å²) in [4.78, 5) is 23.3. The van der Waals surface area contributed by atoms with Gasteiger partial charge < -0.3 is 4.74 Å². The van der Waals surface area contributed by atoms with Crippen LogP contribution in [0, 0.1) is 5.92 Å². The maximum Gasteiger partial charge on any atom is 0.333 e. The van der Waals surface area contributed by atoms with Crippen molar-refractivity contribution >= 4 is 11.8 Å². The first-order valence-corrected chi connectivity index (χ1v) is 5.76. The molecule has 1 unspecified atom stereocenters. The fraction of sp³-hybridized carbons (Fsp3) is 0.692. The molecule has 0 aromatic heterocycles. The number of rotatable bonds is 3. The van der Waals surface area contributed by atoms with Crippen LogP contribution >= 0.6 is 0 Å². The van der Waals surface area contributed by atoms with Crippen LogP contribution in [0.2, 0.25) is 0 Å². The van der Waals surface area contributed by atoms with Crippen molar-refractivity contribution in [2.75, 3.05) is 0 Å². The van der Waals surface area contributed by atoms with E-state index in [1.807, 2.05) is 13.8 Å². The number of carbonyl (C=O) groups is 2. The Bertz CT molecular complexity index is 315. The lowest BCUT2D eigenvalue weighted by Gasteiger charge is -2.35. The normalized spacial score (nSPS) is 21.7. The van der Waals surface area contributed by atoms with E-state index < -0.39 is 11.6 Å². The van der Waals surface area contributed by atoms with E-state index in [2.05, 4.69) is 6.58 Å². The van der Waals surface area contributed by atoms with Crippen molar-refractivity contribution in [1.29, 1.82) is 0 Å². The Morgan fingerprint density at radius 2 is 2.06 bits per heavy atom. The molecule has 1 atom stereocenters. The number of esters is 1. The first kappa shape index (κ1) is 12.9. The molecular formula is C13H20O3. The van der Waals surface area contributed by atoms with E-state index in [1.165, 1.54) is 0 Å². The number of carbonyl (C=O) groups excluding carboxylic acids is 2. The van der Waals surface area contributed by atoms with Crippen molar-refractivity contribution in [2.24, 2.45) is 5.92 Å². The van der Waals surface area contributed by atoms with Gasteiger partial charge >= 0.3 is 5.97 Å². The third kappa shape index (κ3) is 2.94. The molecule has 0 amide bonds. The highest BCUT2D eigenvalue weighted by Gasteiger charge is 2.39. The molecule has 0 aromatic rings. The second-order valence-corrected chi connectivity index (χ2v) is 5.04. The molecule has 1 saturated carbocycles. The van der Waals surface area contributed by atoms with Gasteiger partial charge in [0.2, 0.25) is 0 Å². The minimum atomic E-state index is -0.715. The molecule has 1 fully saturated rings. The zero-order valence-electron chi connectivity index (χ0n) is 10.3. The quantitative estimate of drug-likeness (QED) is 0.546. The third-order valence-electron chi connectivity index (χ3n) is 3.10. The molecule has 16 heavy (non-hydrogen) atoms. The maximum atomic E-state index is 11.8. The highest BCUT2D eigenvalue weighted by molar-refractivity contribution is 5.88. The molecular weight excluding hydrogens is 204 g/mol. The molecule has 0 heterocycles. The van der Waals surface area contributed by atoms with Crippen LogP contribution in [-0.2, 0) is 14.3 Å². The molecule has 1 aliphatic carbocycles. The standard InChI is InChI=1S/C13H20O3/c1-9(2)12(15)16-13(3,4)10-7-5-6-8-11(10)14/h10H,1,5-8H2,2-4H3. The second-order valence-electron chi connectivity index (χ2n) is 5.04. The van der Waals surface area contributed by atoms with Crippen molar-refractivity contribution in [1.82, 2.24) is 0 Å². The van der Waals surface area contributed by atoms with Gasteiger partial charge in [0.15, 0.2) is 0 Å². The van der Waals surface area contributed by atoms with Crippen LogP contribution in [-0.4, -0.2) is 17.4 Å². The van der Waals surface area contributed by atoms with Gasteiger partial charge in [-0.3, -0.25) is 4.79 Å². The molecule has 0 saturated heterocycles. The molecule has 0 N–H and O–H groups in total. The summed E-state index contributed by atoms with van der Waals surface area (Å²) >= 11 is 0. The first-order chi connectivity index (χ1) is 7.34. The molecule has 0 aliphatic heterocycles. The molecule has 0 radical (unpaired) electrons. The summed E-state index contributed by atoms with van der Waals surface area (Å²) in [6.07, 6.45) is 3.42. The van der Waals surface area contributed by atoms with Crippen molar-refractivity contribution in [3.63, 3.8) is 0 Å².